The third kappa shape index (κ3) is 6.05. The van der Waals surface area contributed by atoms with Crippen LogP contribution >= 0.6 is 0 Å². The Hall–Kier alpha value is -8.46. The Morgan fingerprint density at radius 1 is 0.304 bits per heavy atom. The van der Waals surface area contributed by atoms with E-state index >= 15 is 0 Å². The summed E-state index contributed by atoms with van der Waals surface area (Å²) in [5.74, 6) is 0.973. The van der Waals surface area contributed by atoms with E-state index in [-0.39, 0.29) is 5.41 Å². The van der Waals surface area contributed by atoms with Gasteiger partial charge in [-0.1, -0.05) is 218 Å². The molecule has 69 heavy (non-hydrogen) atoms. The van der Waals surface area contributed by atoms with Crippen LogP contribution in [0.3, 0.4) is 0 Å². The average molecular weight is 881 g/mol. The number of nitrogens with zero attached hydrogens (tertiary/aromatic N) is 2. The van der Waals surface area contributed by atoms with Crippen LogP contribution in [0.5, 0.6) is 0 Å². The molecule has 0 N–H and O–H groups in total. The molecular formula is C67H48N2. The summed E-state index contributed by atoms with van der Waals surface area (Å²) in [5, 5.41) is 0. The molecule has 0 aromatic heterocycles. The Kier molecular flexibility index (Phi) is 9.10. The zero-order valence-corrected chi connectivity index (χ0v) is 38.1. The van der Waals surface area contributed by atoms with Gasteiger partial charge < -0.3 is 9.80 Å². The highest BCUT2D eigenvalue weighted by atomic mass is 15.2. The van der Waals surface area contributed by atoms with E-state index < -0.39 is 0 Å². The molecule has 0 amide bonds. The monoisotopic (exact) mass is 880 g/mol. The first-order valence-electron chi connectivity index (χ1n) is 24.4. The second-order valence-corrected chi connectivity index (χ2v) is 19.1. The highest BCUT2D eigenvalue weighted by Crippen LogP contribution is 2.64. The van der Waals surface area contributed by atoms with Crippen LogP contribution in [-0.4, -0.2) is 12.1 Å². The van der Waals surface area contributed by atoms with E-state index in [1.165, 1.54) is 83.6 Å². The van der Waals surface area contributed by atoms with E-state index in [0.29, 0.717) is 23.9 Å². The van der Waals surface area contributed by atoms with Crippen LogP contribution in [0.1, 0.15) is 22.3 Å². The van der Waals surface area contributed by atoms with Crippen molar-refractivity contribution in [1.82, 2.24) is 0 Å². The Morgan fingerprint density at radius 3 is 1.23 bits per heavy atom. The summed E-state index contributed by atoms with van der Waals surface area (Å²) in [6.45, 7) is 0. The molecule has 1 aliphatic heterocycles. The van der Waals surface area contributed by atoms with Crippen molar-refractivity contribution in [3.8, 4) is 55.6 Å². The van der Waals surface area contributed by atoms with Gasteiger partial charge in [0.25, 0.3) is 0 Å². The highest BCUT2D eigenvalue weighted by Gasteiger charge is 2.52. The molecule has 4 atom stereocenters. The average Bonchev–Trinajstić information content (AvgIpc) is 4.04. The van der Waals surface area contributed by atoms with Gasteiger partial charge in [-0.2, -0.15) is 0 Å². The minimum atomic E-state index is -0.373. The molecule has 1 spiro atoms. The van der Waals surface area contributed by atoms with Crippen LogP contribution < -0.4 is 9.80 Å². The van der Waals surface area contributed by atoms with Crippen molar-refractivity contribution in [3.05, 3.63) is 289 Å². The zero-order valence-electron chi connectivity index (χ0n) is 38.1. The minimum absolute atomic E-state index is 0.356. The summed E-state index contributed by atoms with van der Waals surface area (Å²) in [4.78, 5) is 5.00. The van der Waals surface area contributed by atoms with Gasteiger partial charge >= 0.3 is 0 Å². The first-order chi connectivity index (χ1) is 34.2. The van der Waals surface area contributed by atoms with Gasteiger partial charge in [0, 0.05) is 34.6 Å². The van der Waals surface area contributed by atoms with Crippen molar-refractivity contribution < 1.29 is 0 Å². The molecule has 9 aromatic carbocycles. The van der Waals surface area contributed by atoms with E-state index in [9.17, 15) is 0 Å². The van der Waals surface area contributed by atoms with E-state index in [1.54, 1.807) is 0 Å². The predicted molar refractivity (Wildman–Crippen MR) is 287 cm³/mol. The summed E-state index contributed by atoms with van der Waals surface area (Å²) in [6.07, 6.45) is 18.4. The second kappa shape index (κ2) is 15.8. The van der Waals surface area contributed by atoms with Gasteiger partial charge in [0.05, 0.1) is 17.5 Å². The van der Waals surface area contributed by atoms with Crippen molar-refractivity contribution >= 4 is 22.7 Å². The molecule has 0 radical (unpaired) electrons. The molecule has 1 fully saturated rings. The predicted octanol–water partition coefficient (Wildman–Crippen LogP) is 16.5. The van der Waals surface area contributed by atoms with Crippen LogP contribution in [0.4, 0.5) is 22.7 Å². The third-order valence-corrected chi connectivity index (χ3v) is 15.7. The molecular weight excluding hydrogens is 833 g/mol. The molecule has 2 heteroatoms. The molecule has 0 saturated carbocycles. The lowest BCUT2D eigenvalue weighted by atomic mass is 9.70. The zero-order chi connectivity index (χ0) is 45.5. The molecule has 1 saturated heterocycles. The molecule has 9 aromatic rings. The first-order valence-corrected chi connectivity index (χ1v) is 24.4. The Bertz CT molecular complexity index is 3480. The Morgan fingerprint density at radius 2 is 0.696 bits per heavy atom. The maximum absolute atomic E-state index is 2.61. The van der Waals surface area contributed by atoms with Crippen LogP contribution in [-0.2, 0) is 5.41 Å². The summed E-state index contributed by atoms with van der Waals surface area (Å²) >= 11 is 0. The van der Waals surface area contributed by atoms with Gasteiger partial charge in [0.2, 0.25) is 0 Å². The van der Waals surface area contributed by atoms with Crippen molar-refractivity contribution in [2.45, 2.75) is 17.5 Å². The van der Waals surface area contributed by atoms with Gasteiger partial charge in [-0.3, -0.25) is 0 Å². The molecule has 1 heterocycles. The molecule has 0 bridgehead atoms. The van der Waals surface area contributed by atoms with E-state index in [4.69, 9.17) is 0 Å². The molecule has 14 rings (SSSR count). The minimum Gasteiger partial charge on any atom is -0.357 e. The fourth-order valence-electron chi connectivity index (χ4n) is 12.7. The van der Waals surface area contributed by atoms with E-state index in [0.717, 1.165) is 17.1 Å². The van der Waals surface area contributed by atoms with Crippen LogP contribution in [0.2, 0.25) is 0 Å². The maximum atomic E-state index is 2.61. The topological polar surface area (TPSA) is 6.48 Å². The number of hydrogen-bond acceptors (Lipinski definition) is 2. The van der Waals surface area contributed by atoms with Crippen molar-refractivity contribution in [1.29, 1.82) is 0 Å². The number of fused-ring (bicyclic) bond motifs is 13. The van der Waals surface area contributed by atoms with Gasteiger partial charge in [0.1, 0.15) is 0 Å². The fourth-order valence-corrected chi connectivity index (χ4v) is 12.7. The van der Waals surface area contributed by atoms with Crippen molar-refractivity contribution in [3.63, 3.8) is 0 Å². The van der Waals surface area contributed by atoms with Gasteiger partial charge in [-0.25, -0.2) is 0 Å². The van der Waals surface area contributed by atoms with Crippen LogP contribution in [0, 0.1) is 11.8 Å². The summed E-state index contributed by atoms with van der Waals surface area (Å²) < 4.78 is 0. The maximum Gasteiger partial charge on any atom is 0.0725 e. The standard InChI is InChI=1S/C67H48N2/c1-2-15-45(16-3-1)46-29-37-50(38-30-46)68(51-39-31-47(32-40-51)48-33-41-53(42-34-48)69-64-27-12-7-19-57(64)58-20-8-13-28-65(58)69)52-43-35-49(36-44-52)54-22-14-26-63-66(54)59-21-6-11-25-62(59)67(63)60-23-9-4-17-55(60)56-18-5-10-24-61(56)67/h1-44,57-58,64-65H. The van der Waals surface area contributed by atoms with E-state index in [1.807, 2.05) is 0 Å². The van der Waals surface area contributed by atoms with E-state index in [2.05, 4.69) is 277 Å². The lowest BCUT2D eigenvalue weighted by Crippen LogP contribution is -2.36. The molecule has 326 valence electrons. The molecule has 4 unspecified atom stereocenters. The number of allylic oxidation sites excluding steroid dienone is 4. The summed E-state index contributed by atoms with van der Waals surface area (Å²) in [7, 11) is 0. The number of hydrogen-bond donors (Lipinski definition) is 0. The second-order valence-electron chi connectivity index (χ2n) is 19.1. The lowest BCUT2D eigenvalue weighted by Gasteiger charge is -2.32. The Labute approximate surface area is 404 Å². The first kappa shape index (κ1) is 39.7. The summed E-state index contributed by atoms with van der Waals surface area (Å²) in [5.41, 5.74) is 22.2. The molecule has 2 nitrogen and oxygen atoms in total. The summed E-state index contributed by atoms with van der Waals surface area (Å²) in [6, 6.07) is 82.0. The SMILES string of the molecule is C1=CC2C3C=CC=CC3N(c3ccc(-c4ccc(N(c5ccc(-c6ccccc6)cc5)c5ccc(-c6cccc7c6-c6ccccc6C76c7ccccc7-c7ccccc76)cc5)cc4)cc3)C2C=C1. The smallest absolute Gasteiger partial charge is 0.0725 e. The lowest BCUT2D eigenvalue weighted by molar-refractivity contribution is 0.527. The Balaban J connectivity index is 0.825. The number of rotatable bonds is 7. The quantitative estimate of drug-likeness (QED) is 0.157. The van der Waals surface area contributed by atoms with Gasteiger partial charge in [0.15, 0.2) is 0 Å². The molecule has 5 aliphatic rings. The van der Waals surface area contributed by atoms with Crippen molar-refractivity contribution in [2.24, 2.45) is 11.8 Å². The molecule has 4 aliphatic carbocycles. The van der Waals surface area contributed by atoms with Crippen molar-refractivity contribution in [2.75, 3.05) is 9.80 Å². The third-order valence-electron chi connectivity index (χ3n) is 15.7. The largest absolute Gasteiger partial charge is 0.357 e. The van der Waals surface area contributed by atoms with Gasteiger partial charge in [-0.05, 0) is 126 Å². The van der Waals surface area contributed by atoms with Gasteiger partial charge in [-0.15, -0.1) is 0 Å². The highest BCUT2D eigenvalue weighted by molar-refractivity contribution is 6.00. The van der Waals surface area contributed by atoms with Crippen LogP contribution in [0.15, 0.2) is 267 Å². The van der Waals surface area contributed by atoms with Crippen LogP contribution in [0.25, 0.3) is 55.6 Å². The normalized spacial score (nSPS) is 19.2. The number of anilines is 4. The fraction of sp³-hybridized carbons (Fsp3) is 0.0746. The number of benzene rings is 9.